The SMILES string of the molecule is CC(Cl)c1nc2c(F)cc(F)cc2n1-c1ccc(Cl)cc1. The van der Waals surface area contributed by atoms with E-state index < -0.39 is 17.0 Å². The second-order valence-electron chi connectivity index (χ2n) is 4.65. The van der Waals surface area contributed by atoms with Crippen molar-refractivity contribution in [3.05, 3.63) is 58.9 Å². The zero-order chi connectivity index (χ0) is 15.1. The van der Waals surface area contributed by atoms with Crippen molar-refractivity contribution in [2.24, 2.45) is 0 Å². The Hall–Kier alpha value is -1.65. The van der Waals surface area contributed by atoms with Crippen LogP contribution in [0.15, 0.2) is 36.4 Å². The van der Waals surface area contributed by atoms with Crippen LogP contribution in [0.1, 0.15) is 18.1 Å². The predicted octanol–water partition coefficient (Wildman–Crippen LogP) is 5.26. The molecule has 0 aliphatic carbocycles. The highest BCUT2D eigenvalue weighted by Gasteiger charge is 2.19. The summed E-state index contributed by atoms with van der Waals surface area (Å²) in [6.07, 6.45) is 0. The van der Waals surface area contributed by atoms with Gasteiger partial charge in [-0.3, -0.25) is 4.57 Å². The maximum atomic E-state index is 13.9. The second-order valence-corrected chi connectivity index (χ2v) is 5.74. The van der Waals surface area contributed by atoms with E-state index in [1.54, 1.807) is 35.8 Å². The van der Waals surface area contributed by atoms with E-state index in [1.165, 1.54) is 6.07 Å². The molecule has 1 atom stereocenters. The fourth-order valence-corrected chi connectivity index (χ4v) is 2.52. The number of benzene rings is 2. The first-order valence-corrected chi connectivity index (χ1v) is 7.06. The number of halogens is 4. The monoisotopic (exact) mass is 326 g/mol. The molecular formula is C15H10Cl2F2N2. The molecule has 3 rings (SSSR count). The number of aromatic nitrogens is 2. The predicted molar refractivity (Wildman–Crippen MR) is 80.3 cm³/mol. The number of hydrogen-bond donors (Lipinski definition) is 0. The molecule has 0 aliphatic heterocycles. The van der Waals surface area contributed by atoms with Gasteiger partial charge in [0, 0.05) is 22.8 Å². The van der Waals surface area contributed by atoms with Crippen LogP contribution in [0.5, 0.6) is 0 Å². The number of nitrogens with zero attached hydrogens (tertiary/aromatic N) is 2. The van der Waals surface area contributed by atoms with Crippen molar-refractivity contribution in [1.82, 2.24) is 9.55 Å². The van der Waals surface area contributed by atoms with Crippen molar-refractivity contribution < 1.29 is 8.78 Å². The molecule has 0 amide bonds. The van der Waals surface area contributed by atoms with Crippen molar-refractivity contribution in [1.29, 1.82) is 0 Å². The van der Waals surface area contributed by atoms with E-state index in [4.69, 9.17) is 23.2 Å². The first-order chi connectivity index (χ1) is 9.97. The lowest BCUT2D eigenvalue weighted by atomic mass is 10.2. The van der Waals surface area contributed by atoms with Crippen LogP contribution in [-0.4, -0.2) is 9.55 Å². The summed E-state index contributed by atoms with van der Waals surface area (Å²) in [5, 5.41) is 0.108. The number of fused-ring (bicyclic) bond motifs is 1. The van der Waals surface area contributed by atoms with Crippen molar-refractivity contribution in [2.45, 2.75) is 12.3 Å². The Morgan fingerprint density at radius 1 is 1.14 bits per heavy atom. The molecule has 0 aliphatic rings. The molecule has 0 fully saturated rings. The molecule has 3 aromatic rings. The molecule has 0 spiro atoms. The normalized spacial score (nSPS) is 12.8. The van der Waals surface area contributed by atoms with Crippen molar-refractivity contribution >= 4 is 34.2 Å². The topological polar surface area (TPSA) is 17.8 Å². The van der Waals surface area contributed by atoms with Gasteiger partial charge in [0.05, 0.1) is 10.9 Å². The Bertz CT molecular complexity index is 811. The van der Waals surface area contributed by atoms with Crippen molar-refractivity contribution in [3.63, 3.8) is 0 Å². The van der Waals surface area contributed by atoms with Gasteiger partial charge in [-0.2, -0.15) is 0 Å². The van der Waals surface area contributed by atoms with E-state index >= 15 is 0 Å². The molecule has 0 saturated heterocycles. The molecule has 0 radical (unpaired) electrons. The Morgan fingerprint density at radius 2 is 1.81 bits per heavy atom. The van der Waals surface area contributed by atoms with Gasteiger partial charge in [-0.15, -0.1) is 11.6 Å². The highest BCUT2D eigenvalue weighted by molar-refractivity contribution is 6.30. The Balaban J connectivity index is 2.37. The minimum Gasteiger partial charge on any atom is -0.295 e. The van der Waals surface area contributed by atoms with Crippen LogP contribution in [-0.2, 0) is 0 Å². The molecule has 0 saturated carbocycles. The fraction of sp³-hybridized carbons (Fsp3) is 0.133. The summed E-state index contributed by atoms with van der Waals surface area (Å²) >= 11 is 12.0. The Labute approximate surface area is 129 Å². The summed E-state index contributed by atoms with van der Waals surface area (Å²) in [5.74, 6) is -0.932. The molecule has 0 N–H and O–H groups in total. The largest absolute Gasteiger partial charge is 0.295 e. The van der Waals surface area contributed by atoms with E-state index in [1.807, 2.05) is 0 Å². The van der Waals surface area contributed by atoms with Gasteiger partial charge in [0.15, 0.2) is 5.82 Å². The van der Waals surface area contributed by atoms with Crippen LogP contribution < -0.4 is 0 Å². The molecule has 1 heterocycles. The first-order valence-electron chi connectivity index (χ1n) is 6.25. The van der Waals surface area contributed by atoms with Crippen molar-refractivity contribution in [3.8, 4) is 5.69 Å². The van der Waals surface area contributed by atoms with E-state index in [-0.39, 0.29) is 5.52 Å². The number of hydrogen-bond acceptors (Lipinski definition) is 1. The van der Waals surface area contributed by atoms with Gasteiger partial charge in [-0.1, -0.05) is 11.6 Å². The van der Waals surface area contributed by atoms with Gasteiger partial charge in [0.1, 0.15) is 17.2 Å². The maximum Gasteiger partial charge on any atom is 0.153 e. The Kier molecular flexibility index (Phi) is 3.59. The zero-order valence-electron chi connectivity index (χ0n) is 10.9. The minimum absolute atomic E-state index is 0.0915. The number of alkyl halides is 1. The maximum absolute atomic E-state index is 13.9. The smallest absolute Gasteiger partial charge is 0.153 e. The lowest BCUT2D eigenvalue weighted by Gasteiger charge is -2.10. The average Bonchev–Trinajstić information content (AvgIpc) is 2.79. The van der Waals surface area contributed by atoms with Gasteiger partial charge >= 0.3 is 0 Å². The van der Waals surface area contributed by atoms with Gasteiger partial charge in [-0.25, -0.2) is 13.8 Å². The summed E-state index contributed by atoms with van der Waals surface area (Å²) in [4.78, 5) is 4.21. The highest BCUT2D eigenvalue weighted by Crippen LogP contribution is 2.30. The van der Waals surface area contributed by atoms with Gasteiger partial charge in [0.2, 0.25) is 0 Å². The zero-order valence-corrected chi connectivity index (χ0v) is 12.5. The van der Waals surface area contributed by atoms with Gasteiger partial charge in [-0.05, 0) is 31.2 Å². The number of rotatable bonds is 2. The van der Waals surface area contributed by atoms with Crippen LogP contribution in [0, 0.1) is 11.6 Å². The lowest BCUT2D eigenvalue weighted by molar-refractivity contribution is 0.590. The van der Waals surface area contributed by atoms with Crippen LogP contribution in [0.4, 0.5) is 8.78 Å². The quantitative estimate of drug-likeness (QED) is 0.587. The third-order valence-corrected chi connectivity index (χ3v) is 3.59. The lowest BCUT2D eigenvalue weighted by Crippen LogP contribution is -2.01. The highest BCUT2D eigenvalue weighted by atomic mass is 35.5. The third kappa shape index (κ3) is 2.49. The standard InChI is InChI=1S/C15H10Cl2F2N2/c1-8(16)15-20-14-12(19)6-10(18)7-13(14)21(15)11-4-2-9(17)3-5-11/h2-8H,1H3. The molecule has 1 unspecified atom stereocenters. The van der Waals surface area contributed by atoms with E-state index in [0.717, 1.165) is 6.07 Å². The molecule has 2 aromatic carbocycles. The summed E-state index contributed by atoms with van der Waals surface area (Å²) in [6, 6.07) is 8.93. The second kappa shape index (κ2) is 5.28. The molecule has 2 nitrogen and oxygen atoms in total. The molecule has 108 valence electrons. The molecule has 0 bridgehead atoms. The summed E-state index contributed by atoms with van der Waals surface area (Å²) in [5.41, 5.74) is 1.11. The van der Waals surface area contributed by atoms with E-state index in [0.29, 0.717) is 22.1 Å². The molecule has 21 heavy (non-hydrogen) atoms. The van der Waals surface area contributed by atoms with Crippen LogP contribution in [0.2, 0.25) is 5.02 Å². The summed E-state index contributed by atoms with van der Waals surface area (Å²) in [7, 11) is 0. The minimum atomic E-state index is -0.712. The van der Waals surface area contributed by atoms with Crippen LogP contribution >= 0.6 is 23.2 Å². The van der Waals surface area contributed by atoms with Crippen LogP contribution in [0.3, 0.4) is 0 Å². The fourth-order valence-electron chi connectivity index (χ4n) is 2.25. The summed E-state index contributed by atoms with van der Waals surface area (Å²) in [6.45, 7) is 1.73. The molecular weight excluding hydrogens is 317 g/mol. The molecule has 6 heteroatoms. The first kappa shape index (κ1) is 14.3. The average molecular weight is 327 g/mol. The number of imidazole rings is 1. The molecule has 1 aromatic heterocycles. The summed E-state index contributed by atoms with van der Waals surface area (Å²) < 4.78 is 29.1. The van der Waals surface area contributed by atoms with Gasteiger partial charge < -0.3 is 0 Å². The van der Waals surface area contributed by atoms with E-state index in [9.17, 15) is 8.78 Å². The van der Waals surface area contributed by atoms with Crippen molar-refractivity contribution in [2.75, 3.05) is 0 Å². The van der Waals surface area contributed by atoms with E-state index in [2.05, 4.69) is 4.98 Å². The van der Waals surface area contributed by atoms with Crippen LogP contribution in [0.25, 0.3) is 16.7 Å². The Morgan fingerprint density at radius 3 is 2.43 bits per heavy atom. The third-order valence-electron chi connectivity index (χ3n) is 3.15. The van der Waals surface area contributed by atoms with Gasteiger partial charge in [0.25, 0.3) is 0 Å².